The smallest absolute Gasteiger partial charge is 0.223 e. The van der Waals surface area contributed by atoms with Gasteiger partial charge in [0, 0.05) is 36.4 Å². The summed E-state index contributed by atoms with van der Waals surface area (Å²) in [5.74, 6) is -1.77. The van der Waals surface area contributed by atoms with Crippen molar-refractivity contribution >= 4 is 5.91 Å². The molecule has 0 aliphatic carbocycles. The average molecular weight is 463 g/mol. The summed E-state index contributed by atoms with van der Waals surface area (Å²) < 4.78 is 42.7. The Morgan fingerprint density at radius 3 is 2.26 bits per heavy atom. The number of halogens is 3. The lowest BCUT2D eigenvalue weighted by molar-refractivity contribution is -0.129. The maximum absolute atomic E-state index is 13.9. The van der Waals surface area contributed by atoms with Crippen LogP contribution in [0.2, 0.25) is 0 Å². The molecule has 0 bridgehead atoms. The van der Waals surface area contributed by atoms with Gasteiger partial charge in [0.1, 0.15) is 23.2 Å². The Bertz CT molecular complexity index is 1330. The fraction of sp³-hybridized carbons (Fsp3) is 0.154. The number of rotatable bonds is 5. The van der Waals surface area contributed by atoms with Crippen LogP contribution in [0.1, 0.15) is 30.0 Å². The van der Waals surface area contributed by atoms with E-state index in [0.717, 1.165) is 11.6 Å². The summed E-state index contributed by atoms with van der Waals surface area (Å²) in [6, 6.07) is 15.2. The van der Waals surface area contributed by atoms with Crippen LogP contribution in [-0.4, -0.2) is 25.7 Å². The van der Waals surface area contributed by atoms with Crippen LogP contribution in [0.5, 0.6) is 5.75 Å². The Balaban J connectivity index is 1.59. The number of likely N-dealkylation sites (tertiary alicyclic amines) is 1. The quantitative estimate of drug-likeness (QED) is 0.424. The molecule has 1 aliphatic heterocycles. The average Bonchev–Trinajstić information content (AvgIpc) is 3.39. The maximum Gasteiger partial charge on any atom is 0.223 e. The van der Waals surface area contributed by atoms with E-state index in [1.54, 1.807) is 47.5 Å². The van der Waals surface area contributed by atoms with Crippen LogP contribution in [0, 0.1) is 17.5 Å². The van der Waals surface area contributed by atoms with Gasteiger partial charge in [-0.25, -0.2) is 17.9 Å². The molecule has 0 unspecified atom stereocenters. The summed E-state index contributed by atoms with van der Waals surface area (Å²) in [7, 11) is 0. The first-order valence-electron chi connectivity index (χ1n) is 10.8. The van der Waals surface area contributed by atoms with Crippen molar-refractivity contribution < 1.29 is 23.1 Å². The zero-order valence-corrected chi connectivity index (χ0v) is 18.0. The fourth-order valence-corrected chi connectivity index (χ4v) is 4.32. The van der Waals surface area contributed by atoms with Crippen LogP contribution >= 0.6 is 0 Å². The normalized spacial score (nSPS) is 15.8. The zero-order chi connectivity index (χ0) is 23.8. The molecule has 5 rings (SSSR count). The molecule has 8 heteroatoms. The van der Waals surface area contributed by atoms with Crippen molar-refractivity contribution in [2.24, 2.45) is 0 Å². The van der Waals surface area contributed by atoms with Gasteiger partial charge in [-0.05, 0) is 60.5 Å². The van der Waals surface area contributed by atoms with E-state index >= 15 is 0 Å². The number of amides is 1. The van der Waals surface area contributed by atoms with Gasteiger partial charge >= 0.3 is 0 Å². The lowest BCUT2D eigenvalue weighted by atomic mass is 10.0. The molecule has 34 heavy (non-hydrogen) atoms. The number of phenolic OH excluding ortho intramolecular Hbond substituents is 1. The van der Waals surface area contributed by atoms with Gasteiger partial charge in [0.05, 0.1) is 17.4 Å². The second kappa shape index (κ2) is 8.70. The number of aromatic hydroxyl groups is 1. The minimum absolute atomic E-state index is 0.0346. The predicted octanol–water partition coefficient (Wildman–Crippen LogP) is 5.53. The van der Waals surface area contributed by atoms with Gasteiger partial charge in [-0.3, -0.25) is 4.79 Å². The second-order valence-corrected chi connectivity index (χ2v) is 8.25. The first-order valence-corrected chi connectivity index (χ1v) is 10.8. The van der Waals surface area contributed by atoms with E-state index in [0.29, 0.717) is 36.2 Å². The minimum atomic E-state index is -0.736. The maximum atomic E-state index is 13.9. The number of aromatic nitrogens is 2. The molecule has 2 heterocycles. The zero-order valence-electron chi connectivity index (χ0n) is 18.0. The molecular formula is C26H20F3N3O2. The highest BCUT2D eigenvalue weighted by Gasteiger charge is 2.35. The lowest BCUT2D eigenvalue weighted by Crippen LogP contribution is -2.27. The van der Waals surface area contributed by atoms with Gasteiger partial charge in [0.25, 0.3) is 0 Å². The van der Waals surface area contributed by atoms with E-state index < -0.39 is 17.5 Å². The molecule has 1 aromatic heterocycles. The number of hydrogen-bond donors (Lipinski definition) is 1. The Morgan fingerprint density at radius 1 is 0.912 bits per heavy atom. The van der Waals surface area contributed by atoms with Crippen molar-refractivity contribution in [2.45, 2.75) is 25.4 Å². The molecule has 1 atom stereocenters. The van der Waals surface area contributed by atoms with Crippen molar-refractivity contribution in [3.8, 4) is 22.7 Å². The highest BCUT2D eigenvalue weighted by atomic mass is 19.1. The van der Waals surface area contributed by atoms with Crippen LogP contribution < -0.4 is 0 Å². The SMILES string of the molecule is O=C1CC[C@H](c2cn(-c3cc(F)cc(F)c3)nc2-c2ccc(F)cc2)N1Cc1ccc(O)cc1. The second-order valence-electron chi connectivity index (χ2n) is 8.25. The topological polar surface area (TPSA) is 58.4 Å². The number of phenols is 1. The summed E-state index contributed by atoms with van der Waals surface area (Å²) >= 11 is 0. The summed E-state index contributed by atoms with van der Waals surface area (Å²) in [5, 5.41) is 14.1. The summed E-state index contributed by atoms with van der Waals surface area (Å²) in [4.78, 5) is 14.5. The van der Waals surface area contributed by atoms with Gasteiger partial charge in [-0.1, -0.05) is 12.1 Å². The fourth-order valence-electron chi connectivity index (χ4n) is 4.32. The predicted molar refractivity (Wildman–Crippen MR) is 120 cm³/mol. The van der Waals surface area contributed by atoms with E-state index in [4.69, 9.17) is 0 Å². The molecule has 0 saturated carbocycles. The molecule has 5 nitrogen and oxygen atoms in total. The molecule has 1 aliphatic rings. The highest BCUT2D eigenvalue weighted by Crippen LogP contribution is 2.39. The minimum Gasteiger partial charge on any atom is -0.508 e. The molecule has 1 saturated heterocycles. The third-order valence-corrected chi connectivity index (χ3v) is 5.95. The molecule has 1 amide bonds. The molecule has 0 spiro atoms. The van der Waals surface area contributed by atoms with Crippen molar-refractivity contribution in [3.63, 3.8) is 0 Å². The number of benzene rings is 3. The first kappa shape index (κ1) is 21.8. The van der Waals surface area contributed by atoms with E-state index in [1.807, 2.05) is 0 Å². The van der Waals surface area contributed by atoms with Gasteiger partial charge in [-0.15, -0.1) is 0 Å². The highest BCUT2D eigenvalue weighted by molar-refractivity contribution is 5.80. The van der Waals surface area contributed by atoms with Crippen molar-refractivity contribution in [2.75, 3.05) is 0 Å². The van der Waals surface area contributed by atoms with Gasteiger partial charge in [0.2, 0.25) is 5.91 Å². The van der Waals surface area contributed by atoms with Crippen LogP contribution in [0.15, 0.2) is 72.9 Å². The standard InChI is InChI=1S/C26H20F3N3O2/c27-18-5-3-17(4-6-18)26-23(15-32(30-26)21-12-19(28)11-20(29)13-21)24-9-10-25(34)31(24)14-16-1-7-22(33)8-2-16/h1-8,11-13,15,24,33H,9-10,14H2/t24-/m1/s1. The Hall–Kier alpha value is -4.07. The molecule has 172 valence electrons. The van der Waals surface area contributed by atoms with E-state index in [2.05, 4.69) is 5.10 Å². The molecular weight excluding hydrogens is 443 g/mol. The van der Waals surface area contributed by atoms with Gasteiger partial charge in [-0.2, -0.15) is 5.10 Å². The van der Waals surface area contributed by atoms with Crippen LogP contribution in [-0.2, 0) is 11.3 Å². The largest absolute Gasteiger partial charge is 0.508 e. The van der Waals surface area contributed by atoms with Gasteiger partial charge < -0.3 is 10.0 Å². The molecule has 3 aromatic carbocycles. The molecule has 4 aromatic rings. The summed E-state index contributed by atoms with van der Waals surface area (Å²) in [5.41, 5.74) is 2.86. The number of carbonyl (C=O) groups excluding carboxylic acids is 1. The molecule has 1 fully saturated rings. The molecule has 0 radical (unpaired) electrons. The number of carbonyl (C=O) groups is 1. The number of nitrogens with zero attached hydrogens (tertiary/aromatic N) is 3. The monoisotopic (exact) mass is 463 g/mol. The summed E-state index contributed by atoms with van der Waals surface area (Å²) in [6.07, 6.45) is 2.54. The Kier molecular flexibility index (Phi) is 5.57. The third-order valence-electron chi connectivity index (χ3n) is 5.95. The van der Waals surface area contributed by atoms with Gasteiger partial charge in [0.15, 0.2) is 0 Å². The van der Waals surface area contributed by atoms with Crippen molar-refractivity contribution in [3.05, 3.63) is 102 Å². The van der Waals surface area contributed by atoms with E-state index in [-0.39, 0.29) is 23.4 Å². The lowest BCUT2D eigenvalue weighted by Gasteiger charge is -2.25. The third kappa shape index (κ3) is 4.26. The van der Waals surface area contributed by atoms with Crippen LogP contribution in [0.3, 0.4) is 0 Å². The van der Waals surface area contributed by atoms with Crippen LogP contribution in [0.4, 0.5) is 13.2 Å². The first-order chi connectivity index (χ1) is 16.4. The van der Waals surface area contributed by atoms with Crippen LogP contribution in [0.25, 0.3) is 16.9 Å². The summed E-state index contributed by atoms with van der Waals surface area (Å²) in [6.45, 7) is 0.326. The van der Waals surface area contributed by atoms with Crippen molar-refractivity contribution in [1.29, 1.82) is 0 Å². The van der Waals surface area contributed by atoms with E-state index in [9.17, 15) is 23.1 Å². The number of hydrogen-bond acceptors (Lipinski definition) is 3. The Labute approximate surface area is 193 Å². The van der Waals surface area contributed by atoms with Crippen molar-refractivity contribution in [1.82, 2.24) is 14.7 Å². The molecule has 1 N–H and O–H groups in total. The Morgan fingerprint density at radius 2 is 1.59 bits per heavy atom. The van der Waals surface area contributed by atoms with E-state index in [1.165, 1.54) is 28.9 Å².